The molecule has 0 saturated carbocycles. The highest BCUT2D eigenvalue weighted by Crippen LogP contribution is 2.30. The van der Waals surface area contributed by atoms with Gasteiger partial charge in [0.05, 0.1) is 13.0 Å². The second-order valence-corrected chi connectivity index (χ2v) is 8.65. The van der Waals surface area contributed by atoms with Gasteiger partial charge in [0.15, 0.2) is 5.13 Å². The average Bonchev–Trinajstić information content (AvgIpc) is 3.16. The zero-order chi connectivity index (χ0) is 19.5. The molecule has 28 heavy (non-hydrogen) atoms. The van der Waals surface area contributed by atoms with E-state index in [9.17, 15) is 4.79 Å². The largest absolute Gasteiger partial charge is 0.496 e. The predicted octanol–water partition coefficient (Wildman–Crippen LogP) is 4.00. The summed E-state index contributed by atoms with van der Waals surface area (Å²) in [6.07, 6.45) is 3.65. The maximum absolute atomic E-state index is 12.8. The number of halogens is 1. The van der Waals surface area contributed by atoms with Gasteiger partial charge >= 0.3 is 0 Å². The molecule has 0 spiro atoms. The Morgan fingerprint density at radius 3 is 3.14 bits per heavy atom. The zero-order valence-corrected chi connectivity index (χ0v) is 17.9. The Kier molecular flexibility index (Phi) is 5.77. The molecule has 2 aromatic heterocycles. The topological polar surface area (TPSA) is 67.3 Å². The predicted molar refractivity (Wildman–Crippen MR) is 115 cm³/mol. The van der Waals surface area contributed by atoms with Crippen LogP contribution in [-0.2, 0) is 11.3 Å². The van der Waals surface area contributed by atoms with E-state index in [1.165, 1.54) is 0 Å². The van der Waals surface area contributed by atoms with Crippen molar-refractivity contribution in [2.24, 2.45) is 5.92 Å². The number of amides is 1. The van der Waals surface area contributed by atoms with E-state index in [0.717, 1.165) is 50.7 Å². The van der Waals surface area contributed by atoms with Gasteiger partial charge in [-0.2, -0.15) is 0 Å². The molecule has 0 aliphatic carbocycles. The summed E-state index contributed by atoms with van der Waals surface area (Å²) in [6.45, 7) is 2.05. The Morgan fingerprint density at radius 1 is 1.43 bits per heavy atom. The second-order valence-electron chi connectivity index (χ2n) is 6.78. The number of thiazole rings is 1. The quantitative estimate of drug-likeness (QED) is 0.623. The molecule has 1 unspecified atom stereocenters. The standard InChI is InChI=1S/C20H21BrN4O2S/c1-27-17-7-6-15(21)10-14(17)11-23-18(26)13-4-3-9-25(12-13)20-24-16-5-2-8-22-19(16)28-20/h2,5-8,10,13H,3-4,9,11-12H2,1H3,(H,23,26). The van der Waals surface area contributed by atoms with Crippen molar-refractivity contribution in [1.82, 2.24) is 15.3 Å². The molecule has 1 N–H and O–H groups in total. The van der Waals surface area contributed by atoms with Gasteiger partial charge in [-0.3, -0.25) is 4.79 Å². The molecule has 1 aliphatic heterocycles. The molecule has 0 radical (unpaired) electrons. The molecule has 1 aliphatic rings. The highest BCUT2D eigenvalue weighted by atomic mass is 79.9. The number of anilines is 1. The van der Waals surface area contributed by atoms with Crippen LogP contribution in [0.2, 0.25) is 0 Å². The molecular weight excluding hydrogens is 440 g/mol. The van der Waals surface area contributed by atoms with Crippen molar-refractivity contribution in [3.05, 3.63) is 46.6 Å². The number of aromatic nitrogens is 2. The molecule has 1 saturated heterocycles. The first-order valence-corrected chi connectivity index (χ1v) is 10.8. The summed E-state index contributed by atoms with van der Waals surface area (Å²) in [4.78, 5) is 25.0. The number of piperidine rings is 1. The molecule has 3 aromatic rings. The third-order valence-electron chi connectivity index (χ3n) is 4.91. The lowest BCUT2D eigenvalue weighted by atomic mass is 9.97. The lowest BCUT2D eigenvalue weighted by molar-refractivity contribution is -0.125. The van der Waals surface area contributed by atoms with E-state index < -0.39 is 0 Å². The van der Waals surface area contributed by atoms with Gasteiger partial charge in [-0.1, -0.05) is 27.3 Å². The Bertz CT molecular complexity index is 960. The van der Waals surface area contributed by atoms with Crippen molar-refractivity contribution < 1.29 is 9.53 Å². The summed E-state index contributed by atoms with van der Waals surface area (Å²) in [7, 11) is 1.64. The maximum atomic E-state index is 12.8. The number of nitrogens with zero attached hydrogens (tertiary/aromatic N) is 3. The molecule has 8 heteroatoms. The summed E-state index contributed by atoms with van der Waals surface area (Å²) in [5, 5.41) is 4.02. The number of carbonyl (C=O) groups excluding carboxylic acids is 1. The van der Waals surface area contributed by atoms with Crippen molar-refractivity contribution in [2.45, 2.75) is 19.4 Å². The number of ether oxygens (including phenoxy) is 1. The first-order chi connectivity index (χ1) is 13.6. The van der Waals surface area contributed by atoms with Gasteiger partial charge in [-0.25, -0.2) is 9.97 Å². The number of hydrogen-bond acceptors (Lipinski definition) is 6. The summed E-state index contributed by atoms with van der Waals surface area (Å²) >= 11 is 5.06. The van der Waals surface area contributed by atoms with Crippen LogP contribution in [0.15, 0.2) is 41.0 Å². The first-order valence-electron chi connectivity index (χ1n) is 9.20. The van der Waals surface area contributed by atoms with E-state index in [1.54, 1.807) is 24.6 Å². The number of nitrogens with one attached hydrogen (secondary N) is 1. The van der Waals surface area contributed by atoms with Crippen LogP contribution in [0.3, 0.4) is 0 Å². The second kappa shape index (κ2) is 8.45. The summed E-state index contributed by atoms with van der Waals surface area (Å²) in [6, 6.07) is 9.67. The highest BCUT2D eigenvalue weighted by molar-refractivity contribution is 9.10. The molecule has 4 rings (SSSR count). The first kappa shape index (κ1) is 19.1. The fourth-order valence-electron chi connectivity index (χ4n) is 3.47. The van der Waals surface area contributed by atoms with E-state index in [2.05, 4.69) is 36.1 Å². The Morgan fingerprint density at radius 2 is 2.32 bits per heavy atom. The van der Waals surface area contributed by atoms with E-state index in [-0.39, 0.29) is 11.8 Å². The Balaban J connectivity index is 1.41. The van der Waals surface area contributed by atoms with Crippen molar-refractivity contribution in [3.8, 4) is 5.75 Å². The number of methoxy groups -OCH3 is 1. The van der Waals surface area contributed by atoms with Gasteiger partial charge in [0.25, 0.3) is 0 Å². The molecule has 1 aromatic carbocycles. The number of pyridine rings is 1. The molecule has 3 heterocycles. The van der Waals surface area contributed by atoms with E-state index in [1.807, 2.05) is 30.3 Å². The van der Waals surface area contributed by atoms with Crippen LogP contribution < -0.4 is 15.0 Å². The van der Waals surface area contributed by atoms with Gasteiger partial charge in [-0.05, 0) is 43.2 Å². The smallest absolute Gasteiger partial charge is 0.225 e. The van der Waals surface area contributed by atoms with E-state index in [0.29, 0.717) is 13.1 Å². The van der Waals surface area contributed by atoms with Gasteiger partial charge in [-0.15, -0.1) is 0 Å². The summed E-state index contributed by atoms with van der Waals surface area (Å²) in [5.74, 6) is 0.800. The molecule has 1 amide bonds. The number of fused-ring (bicyclic) bond motifs is 1. The third kappa shape index (κ3) is 4.12. The molecule has 0 bridgehead atoms. The fraction of sp³-hybridized carbons (Fsp3) is 0.350. The van der Waals surface area contributed by atoms with Crippen LogP contribution in [0.25, 0.3) is 10.3 Å². The highest BCUT2D eigenvalue weighted by Gasteiger charge is 2.27. The van der Waals surface area contributed by atoms with Gasteiger partial charge in [0, 0.05) is 35.9 Å². The van der Waals surface area contributed by atoms with Crippen LogP contribution in [0, 0.1) is 5.92 Å². The van der Waals surface area contributed by atoms with Crippen LogP contribution in [-0.4, -0.2) is 36.1 Å². The lowest BCUT2D eigenvalue weighted by Crippen LogP contribution is -2.43. The Hall–Kier alpha value is -2.19. The minimum absolute atomic E-state index is 0.0492. The molecule has 1 fully saturated rings. The molecule has 1 atom stereocenters. The van der Waals surface area contributed by atoms with E-state index in [4.69, 9.17) is 4.74 Å². The minimum atomic E-state index is -0.0492. The number of carbonyl (C=O) groups is 1. The van der Waals surface area contributed by atoms with Crippen LogP contribution in [0.1, 0.15) is 18.4 Å². The third-order valence-corrected chi connectivity index (χ3v) is 6.45. The summed E-state index contributed by atoms with van der Waals surface area (Å²) < 4.78 is 6.35. The van der Waals surface area contributed by atoms with Gasteiger partial charge < -0.3 is 15.0 Å². The van der Waals surface area contributed by atoms with Crippen LogP contribution in [0.4, 0.5) is 5.13 Å². The minimum Gasteiger partial charge on any atom is -0.496 e. The summed E-state index contributed by atoms with van der Waals surface area (Å²) in [5.41, 5.74) is 1.87. The molecular formula is C20H21BrN4O2S. The van der Waals surface area contributed by atoms with Crippen molar-refractivity contribution in [3.63, 3.8) is 0 Å². The van der Waals surface area contributed by atoms with Gasteiger partial charge in [0.1, 0.15) is 16.1 Å². The van der Waals surface area contributed by atoms with Gasteiger partial charge in [0.2, 0.25) is 5.91 Å². The van der Waals surface area contributed by atoms with Crippen LogP contribution in [0.5, 0.6) is 5.75 Å². The molecule has 6 nitrogen and oxygen atoms in total. The van der Waals surface area contributed by atoms with E-state index >= 15 is 0 Å². The Labute approximate surface area is 176 Å². The zero-order valence-electron chi connectivity index (χ0n) is 15.5. The monoisotopic (exact) mass is 460 g/mol. The molecule has 146 valence electrons. The average molecular weight is 461 g/mol. The van der Waals surface area contributed by atoms with Crippen molar-refractivity contribution >= 4 is 48.7 Å². The SMILES string of the molecule is COc1ccc(Br)cc1CNC(=O)C1CCCN(c2nc3cccnc3s2)C1. The fourth-order valence-corrected chi connectivity index (χ4v) is 4.82. The number of benzene rings is 1. The van der Waals surface area contributed by atoms with Crippen molar-refractivity contribution in [1.29, 1.82) is 0 Å². The normalized spacial score (nSPS) is 16.9. The number of hydrogen-bond donors (Lipinski definition) is 1. The lowest BCUT2D eigenvalue weighted by Gasteiger charge is -2.31. The van der Waals surface area contributed by atoms with Crippen LogP contribution >= 0.6 is 27.3 Å². The van der Waals surface area contributed by atoms with Crippen molar-refractivity contribution in [2.75, 3.05) is 25.1 Å². The maximum Gasteiger partial charge on any atom is 0.225 e. The number of rotatable bonds is 5.